The van der Waals surface area contributed by atoms with Gasteiger partial charge in [-0.25, -0.2) is 0 Å². The van der Waals surface area contributed by atoms with Crippen LogP contribution >= 0.6 is 0 Å². The van der Waals surface area contributed by atoms with Crippen molar-refractivity contribution >= 4 is 5.91 Å². The third-order valence-electron chi connectivity index (χ3n) is 3.63. The molecule has 0 unspecified atom stereocenters. The lowest BCUT2D eigenvalue weighted by molar-refractivity contribution is 0.0876. The van der Waals surface area contributed by atoms with E-state index >= 15 is 0 Å². The number of likely N-dealkylation sites (tertiary alicyclic amines) is 1. The van der Waals surface area contributed by atoms with Gasteiger partial charge >= 0.3 is 0 Å². The SMILES string of the molecule is Cc1cccnc1C(=O)NC1(C#N)CCN(C)CC1. The number of nitrogens with zero attached hydrogens (tertiary/aromatic N) is 3. The van der Waals surface area contributed by atoms with Crippen LogP contribution in [0.3, 0.4) is 0 Å². The fraction of sp³-hybridized carbons (Fsp3) is 0.500. The van der Waals surface area contributed by atoms with Crippen LogP contribution in [0.4, 0.5) is 0 Å². The summed E-state index contributed by atoms with van der Waals surface area (Å²) in [6, 6.07) is 5.91. The number of hydrogen-bond acceptors (Lipinski definition) is 4. The summed E-state index contributed by atoms with van der Waals surface area (Å²) < 4.78 is 0. The molecule has 1 aromatic heterocycles. The highest BCUT2D eigenvalue weighted by Crippen LogP contribution is 2.21. The van der Waals surface area contributed by atoms with Gasteiger partial charge in [0.2, 0.25) is 0 Å². The highest BCUT2D eigenvalue weighted by atomic mass is 16.2. The smallest absolute Gasteiger partial charge is 0.271 e. The van der Waals surface area contributed by atoms with Crippen molar-refractivity contribution in [2.45, 2.75) is 25.3 Å². The van der Waals surface area contributed by atoms with Crippen molar-refractivity contribution in [1.29, 1.82) is 5.26 Å². The summed E-state index contributed by atoms with van der Waals surface area (Å²) in [6.45, 7) is 3.47. The number of rotatable bonds is 2. The van der Waals surface area contributed by atoms with Gasteiger partial charge in [-0.05, 0) is 38.4 Å². The Hall–Kier alpha value is -1.93. The topological polar surface area (TPSA) is 69.0 Å². The number of aromatic nitrogens is 1. The van der Waals surface area contributed by atoms with Crippen molar-refractivity contribution in [3.8, 4) is 6.07 Å². The molecule has 0 bridgehead atoms. The Morgan fingerprint density at radius 3 is 2.79 bits per heavy atom. The van der Waals surface area contributed by atoms with Crippen molar-refractivity contribution in [1.82, 2.24) is 15.2 Å². The molecule has 1 saturated heterocycles. The molecule has 5 nitrogen and oxygen atoms in total. The van der Waals surface area contributed by atoms with Crippen LogP contribution in [-0.4, -0.2) is 41.5 Å². The number of carbonyl (C=O) groups excluding carboxylic acids is 1. The number of nitrogens with one attached hydrogen (secondary N) is 1. The van der Waals surface area contributed by atoms with Gasteiger partial charge in [0.15, 0.2) is 0 Å². The molecule has 0 spiro atoms. The van der Waals surface area contributed by atoms with Gasteiger partial charge in [0.1, 0.15) is 11.2 Å². The zero-order valence-corrected chi connectivity index (χ0v) is 11.3. The van der Waals surface area contributed by atoms with E-state index in [1.54, 1.807) is 12.3 Å². The van der Waals surface area contributed by atoms with Crippen LogP contribution in [0.15, 0.2) is 18.3 Å². The van der Waals surface area contributed by atoms with Gasteiger partial charge in [-0.1, -0.05) is 6.07 Å². The van der Waals surface area contributed by atoms with Gasteiger partial charge in [0.05, 0.1) is 6.07 Å². The summed E-state index contributed by atoms with van der Waals surface area (Å²) in [4.78, 5) is 18.5. The van der Waals surface area contributed by atoms with Crippen molar-refractivity contribution in [2.24, 2.45) is 0 Å². The predicted molar refractivity (Wildman–Crippen MR) is 71.5 cm³/mol. The van der Waals surface area contributed by atoms with Gasteiger partial charge in [-0.2, -0.15) is 5.26 Å². The van der Waals surface area contributed by atoms with Crippen LogP contribution in [0, 0.1) is 18.3 Å². The summed E-state index contributed by atoms with van der Waals surface area (Å²) in [7, 11) is 2.02. The van der Waals surface area contributed by atoms with Crippen LogP contribution in [0.25, 0.3) is 0 Å². The van der Waals surface area contributed by atoms with E-state index in [0.29, 0.717) is 18.5 Å². The van der Waals surface area contributed by atoms with E-state index in [4.69, 9.17) is 0 Å². The number of aryl methyl sites for hydroxylation is 1. The second-order valence-corrected chi connectivity index (χ2v) is 5.12. The maximum atomic E-state index is 12.2. The Morgan fingerprint density at radius 2 is 2.21 bits per heavy atom. The molecule has 0 aliphatic carbocycles. The van der Waals surface area contributed by atoms with Crippen LogP contribution in [0.2, 0.25) is 0 Å². The predicted octanol–water partition coefficient (Wildman–Crippen LogP) is 1.11. The molecule has 0 aromatic carbocycles. The Kier molecular flexibility index (Phi) is 3.82. The molecule has 100 valence electrons. The zero-order valence-electron chi connectivity index (χ0n) is 11.3. The molecule has 1 aliphatic heterocycles. The fourth-order valence-electron chi connectivity index (χ4n) is 2.26. The first-order valence-electron chi connectivity index (χ1n) is 6.40. The Morgan fingerprint density at radius 1 is 1.53 bits per heavy atom. The Balaban J connectivity index is 2.14. The average Bonchev–Trinajstić information content (AvgIpc) is 2.42. The molecule has 0 atom stereocenters. The summed E-state index contributed by atoms with van der Waals surface area (Å²) in [5.74, 6) is -0.260. The van der Waals surface area contributed by atoms with Crippen molar-refractivity contribution in [2.75, 3.05) is 20.1 Å². The lowest BCUT2D eigenvalue weighted by Gasteiger charge is -2.35. The molecule has 1 amide bonds. The van der Waals surface area contributed by atoms with E-state index in [-0.39, 0.29) is 5.91 Å². The maximum absolute atomic E-state index is 12.2. The summed E-state index contributed by atoms with van der Waals surface area (Å²) in [5.41, 5.74) is 0.463. The third-order valence-corrected chi connectivity index (χ3v) is 3.63. The Bertz CT molecular complexity index is 512. The summed E-state index contributed by atoms with van der Waals surface area (Å²) >= 11 is 0. The summed E-state index contributed by atoms with van der Waals surface area (Å²) in [6.07, 6.45) is 2.89. The number of pyridine rings is 1. The van der Waals surface area contributed by atoms with Crippen LogP contribution < -0.4 is 5.32 Å². The molecule has 2 rings (SSSR count). The largest absolute Gasteiger partial charge is 0.332 e. The second kappa shape index (κ2) is 5.37. The number of amides is 1. The first kappa shape index (κ1) is 13.5. The van der Waals surface area contributed by atoms with Crippen LogP contribution in [0.5, 0.6) is 0 Å². The maximum Gasteiger partial charge on any atom is 0.271 e. The molecule has 19 heavy (non-hydrogen) atoms. The number of carbonyl (C=O) groups is 1. The number of hydrogen-bond donors (Lipinski definition) is 1. The van der Waals surface area contributed by atoms with Gasteiger partial charge in [-0.15, -0.1) is 0 Å². The third kappa shape index (κ3) is 2.91. The van der Waals surface area contributed by atoms with Gasteiger partial charge in [0, 0.05) is 19.3 Å². The lowest BCUT2D eigenvalue weighted by atomic mass is 9.89. The molecule has 1 fully saturated rings. The second-order valence-electron chi connectivity index (χ2n) is 5.12. The molecule has 1 N–H and O–H groups in total. The highest BCUT2D eigenvalue weighted by molar-refractivity contribution is 5.94. The fourth-order valence-corrected chi connectivity index (χ4v) is 2.26. The van der Waals surface area contributed by atoms with Crippen molar-refractivity contribution in [3.05, 3.63) is 29.6 Å². The lowest BCUT2D eigenvalue weighted by Crippen LogP contribution is -2.54. The molecule has 0 radical (unpaired) electrons. The monoisotopic (exact) mass is 258 g/mol. The minimum absolute atomic E-state index is 0.260. The molecule has 2 heterocycles. The normalized spacial score (nSPS) is 18.6. The highest BCUT2D eigenvalue weighted by Gasteiger charge is 2.35. The average molecular weight is 258 g/mol. The van der Waals surface area contributed by atoms with E-state index in [1.165, 1.54) is 0 Å². The van der Waals surface area contributed by atoms with Crippen molar-refractivity contribution in [3.63, 3.8) is 0 Å². The van der Waals surface area contributed by atoms with Crippen LogP contribution in [-0.2, 0) is 0 Å². The van der Waals surface area contributed by atoms with Crippen molar-refractivity contribution < 1.29 is 4.79 Å². The van der Waals surface area contributed by atoms with Gasteiger partial charge in [0.25, 0.3) is 5.91 Å². The zero-order chi connectivity index (χ0) is 13.9. The quantitative estimate of drug-likeness (QED) is 0.862. The van der Waals surface area contributed by atoms with E-state index in [9.17, 15) is 10.1 Å². The van der Waals surface area contributed by atoms with E-state index in [1.807, 2.05) is 20.0 Å². The minimum Gasteiger partial charge on any atom is -0.332 e. The van der Waals surface area contributed by atoms with Gasteiger partial charge in [-0.3, -0.25) is 9.78 Å². The standard InChI is InChI=1S/C14H18N4O/c1-11-4-3-7-16-12(11)13(19)17-14(10-15)5-8-18(2)9-6-14/h3-4,7H,5-6,8-9H2,1-2H3,(H,17,19). The molecule has 0 saturated carbocycles. The Labute approximate surface area is 113 Å². The molecular formula is C14H18N4O. The van der Waals surface area contributed by atoms with E-state index in [2.05, 4.69) is 21.3 Å². The first-order chi connectivity index (χ1) is 9.06. The molecule has 1 aromatic rings. The van der Waals surface area contributed by atoms with E-state index < -0.39 is 5.54 Å². The number of nitriles is 1. The molecule has 5 heteroatoms. The molecule has 1 aliphatic rings. The van der Waals surface area contributed by atoms with E-state index in [0.717, 1.165) is 18.7 Å². The van der Waals surface area contributed by atoms with Crippen LogP contribution in [0.1, 0.15) is 28.9 Å². The first-order valence-corrected chi connectivity index (χ1v) is 6.40. The minimum atomic E-state index is -0.756. The summed E-state index contributed by atoms with van der Waals surface area (Å²) in [5, 5.41) is 12.3. The molecular weight excluding hydrogens is 240 g/mol. The number of piperidine rings is 1. The van der Waals surface area contributed by atoms with Gasteiger partial charge < -0.3 is 10.2 Å².